The highest BCUT2D eigenvalue weighted by Gasteiger charge is 2.22. The van der Waals surface area contributed by atoms with Gasteiger partial charge in [-0.3, -0.25) is 9.52 Å². The van der Waals surface area contributed by atoms with Crippen LogP contribution in [0.3, 0.4) is 0 Å². The fraction of sp³-hybridized carbons (Fsp3) is 0.455. The zero-order valence-electron chi connectivity index (χ0n) is 18.5. The van der Waals surface area contributed by atoms with Gasteiger partial charge in [0.05, 0.1) is 22.3 Å². The number of sulfonamides is 1. The highest BCUT2D eigenvalue weighted by molar-refractivity contribution is 7.92. The molecule has 1 aliphatic rings. The predicted molar refractivity (Wildman–Crippen MR) is 123 cm³/mol. The summed E-state index contributed by atoms with van der Waals surface area (Å²) in [4.78, 5) is 19.3. The number of hydrogen-bond donors (Lipinski definition) is 3. The number of aromatic nitrogens is 1. The smallest absolute Gasteiger partial charge is 0.261 e. The molecule has 1 aliphatic heterocycles. The van der Waals surface area contributed by atoms with Crippen LogP contribution >= 0.6 is 0 Å². The average molecular weight is 446 g/mol. The summed E-state index contributed by atoms with van der Waals surface area (Å²) in [6.45, 7) is 11.6. The van der Waals surface area contributed by atoms with Gasteiger partial charge in [0.15, 0.2) is 0 Å². The topological polar surface area (TPSA) is 103 Å². The normalized spacial score (nSPS) is 14.9. The summed E-state index contributed by atoms with van der Waals surface area (Å²) < 4.78 is 28.4. The Kier molecular flexibility index (Phi) is 6.86. The van der Waals surface area contributed by atoms with Crippen LogP contribution in [0.1, 0.15) is 43.6 Å². The number of carbonyl (C=O) groups is 1. The summed E-state index contributed by atoms with van der Waals surface area (Å²) in [5.74, 6) is 0.282. The first-order chi connectivity index (χ1) is 14.6. The number of hydrogen-bond acceptors (Lipinski definition) is 6. The van der Waals surface area contributed by atoms with Gasteiger partial charge in [0.25, 0.3) is 15.9 Å². The largest absolute Gasteiger partial charge is 0.353 e. The minimum Gasteiger partial charge on any atom is -0.353 e. The molecule has 0 atom stereocenters. The van der Waals surface area contributed by atoms with E-state index >= 15 is 0 Å². The Balaban J connectivity index is 1.89. The van der Waals surface area contributed by atoms with Crippen molar-refractivity contribution in [3.05, 3.63) is 47.7 Å². The Morgan fingerprint density at radius 1 is 1.16 bits per heavy atom. The van der Waals surface area contributed by atoms with Gasteiger partial charge in [-0.05, 0) is 36.1 Å². The number of nitrogens with one attached hydrogen (secondary N) is 3. The molecule has 3 N–H and O–H groups in total. The van der Waals surface area contributed by atoms with Crippen LogP contribution in [0.2, 0.25) is 0 Å². The maximum absolute atomic E-state index is 12.9. The molecule has 2 aromatic rings. The van der Waals surface area contributed by atoms with Crippen molar-refractivity contribution in [3.8, 4) is 0 Å². The number of anilines is 2. The summed E-state index contributed by atoms with van der Waals surface area (Å²) in [6.07, 6.45) is 1.46. The van der Waals surface area contributed by atoms with E-state index in [4.69, 9.17) is 0 Å². The summed E-state index contributed by atoms with van der Waals surface area (Å²) in [7, 11) is -3.81. The predicted octanol–water partition coefficient (Wildman–Crippen LogP) is 2.34. The maximum atomic E-state index is 12.9. The zero-order valence-corrected chi connectivity index (χ0v) is 19.3. The molecule has 0 bridgehead atoms. The van der Waals surface area contributed by atoms with Crippen LogP contribution in [0.4, 0.5) is 11.5 Å². The van der Waals surface area contributed by atoms with Gasteiger partial charge in [0.2, 0.25) is 0 Å². The van der Waals surface area contributed by atoms with E-state index < -0.39 is 10.0 Å². The number of carbonyl (C=O) groups excluding carboxylic acids is 1. The first-order valence-corrected chi connectivity index (χ1v) is 12.0. The van der Waals surface area contributed by atoms with Crippen LogP contribution in [0.5, 0.6) is 0 Å². The molecule has 0 saturated carbocycles. The van der Waals surface area contributed by atoms with Crippen molar-refractivity contribution < 1.29 is 13.2 Å². The first kappa shape index (κ1) is 23.0. The van der Waals surface area contributed by atoms with Crippen LogP contribution in [-0.2, 0) is 15.4 Å². The molecular formula is C22H31N5O3S. The third-order valence-corrected chi connectivity index (χ3v) is 6.55. The fourth-order valence-corrected chi connectivity index (χ4v) is 4.45. The third kappa shape index (κ3) is 5.54. The Morgan fingerprint density at radius 3 is 2.39 bits per heavy atom. The maximum Gasteiger partial charge on any atom is 0.261 e. The molecule has 9 heteroatoms. The van der Waals surface area contributed by atoms with Gasteiger partial charge < -0.3 is 15.5 Å². The van der Waals surface area contributed by atoms with Gasteiger partial charge in [-0.1, -0.05) is 32.9 Å². The van der Waals surface area contributed by atoms with Crippen molar-refractivity contribution in [3.63, 3.8) is 0 Å². The number of amides is 1. The van der Waals surface area contributed by atoms with Crippen molar-refractivity contribution >= 4 is 27.4 Å². The molecule has 8 nitrogen and oxygen atoms in total. The molecule has 1 aromatic heterocycles. The molecule has 2 heterocycles. The Labute approximate surface area is 184 Å². The lowest BCUT2D eigenvalue weighted by Crippen LogP contribution is -2.44. The van der Waals surface area contributed by atoms with E-state index in [9.17, 15) is 13.2 Å². The first-order valence-electron chi connectivity index (χ1n) is 10.5. The summed E-state index contributed by atoms with van der Waals surface area (Å²) >= 11 is 0. The molecule has 168 valence electrons. The van der Waals surface area contributed by atoms with Gasteiger partial charge in [0.1, 0.15) is 5.82 Å². The molecule has 0 aliphatic carbocycles. The summed E-state index contributed by atoms with van der Waals surface area (Å²) in [5.41, 5.74) is 1.58. The van der Waals surface area contributed by atoms with Gasteiger partial charge in [-0.15, -0.1) is 0 Å². The molecule has 0 spiro atoms. The van der Waals surface area contributed by atoms with Crippen LogP contribution < -0.4 is 20.3 Å². The van der Waals surface area contributed by atoms with E-state index in [0.29, 0.717) is 17.9 Å². The highest BCUT2D eigenvalue weighted by atomic mass is 32.2. The number of piperazine rings is 1. The Bertz CT molecular complexity index is 1020. The molecule has 31 heavy (non-hydrogen) atoms. The molecule has 1 aromatic carbocycles. The molecular weight excluding hydrogens is 414 g/mol. The number of nitrogens with zero attached hydrogens (tertiary/aromatic N) is 2. The van der Waals surface area contributed by atoms with E-state index in [2.05, 4.69) is 41.1 Å². The number of pyridine rings is 1. The van der Waals surface area contributed by atoms with Crippen molar-refractivity contribution in [2.45, 2.75) is 38.0 Å². The lowest BCUT2D eigenvalue weighted by atomic mass is 9.87. The van der Waals surface area contributed by atoms with Gasteiger partial charge in [-0.2, -0.15) is 0 Å². The Morgan fingerprint density at radius 2 is 1.81 bits per heavy atom. The SMILES string of the molecule is CCNC(=O)c1cc(NS(=O)(=O)c2ccc(C(C)(C)C)cc2)cnc1N1CCNCC1. The Hall–Kier alpha value is -2.65. The van der Waals surface area contributed by atoms with Crippen molar-refractivity contribution in [1.29, 1.82) is 0 Å². The van der Waals surface area contributed by atoms with Crippen molar-refractivity contribution in [2.24, 2.45) is 0 Å². The van der Waals surface area contributed by atoms with Gasteiger partial charge in [-0.25, -0.2) is 13.4 Å². The molecule has 1 fully saturated rings. The average Bonchev–Trinajstić information content (AvgIpc) is 2.74. The molecule has 1 saturated heterocycles. The second-order valence-corrected chi connectivity index (χ2v) is 10.3. The highest BCUT2D eigenvalue weighted by Crippen LogP contribution is 2.26. The molecule has 0 radical (unpaired) electrons. The van der Waals surface area contributed by atoms with E-state index in [0.717, 1.165) is 31.7 Å². The van der Waals surface area contributed by atoms with Crippen LogP contribution in [0.25, 0.3) is 0 Å². The lowest BCUT2D eigenvalue weighted by molar-refractivity contribution is 0.0956. The van der Waals surface area contributed by atoms with Gasteiger partial charge >= 0.3 is 0 Å². The van der Waals surface area contributed by atoms with Crippen molar-refractivity contribution in [2.75, 3.05) is 42.3 Å². The fourth-order valence-electron chi connectivity index (χ4n) is 3.41. The second-order valence-electron chi connectivity index (χ2n) is 8.57. The number of benzene rings is 1. The second kappa shape index (κ2) is 9.23. The molecule has 3 rings (SSSR count). The third-order valence-electron chi connectivity index (χ3n) is 5.15. The monoisotopic (exact) mass is 445 g/mol. The molecule has 1 amide bonds. The molecule has 0 unspecified atom stereocenters. The van der Waals surface area contributed by atoms with E-state index in [-0.39, 0.29) is 21.9 Å². The van der Waals surface area contributed by atoms with Gasteiger partial charge in [0, 0.05) is 32.7 Å². The lowest BCUT2D eigenvalue weighted by Gasteiger charge is -2.30. The summed E-state index contributed by atoms with van der Waals surface area (Å²) in [6, 6.07) is 8.38. The quantitative estimate of drug-likeness (QED) is 0.631. The minimum absolute atomic E-state index is 0.0685. The van der Waals surface area contributed by atoms with Crippen LogP contribution in [0, 0.1) is 0 Å². The van der Waals surface area contributed by atoms with E-state index in [1.54, 1.807) is 18.2 Å². The zero-order chi connectivity index (χ0) is 22.6. The standard InChI is InChI=1S/C22H31N5O3S/c1-5-24-21(28)19-14-17(15-25-20(19)27-12-10-23-11-13-27)26-31(29,30)18-8-6-16(7-9-18)22(2,3)4/h6-9,14-15,23,26H,5,10-13H2,1-4H3,(H,24,28). The van der Waals surface area contributed by atoms with Crippen LogP contribution in [0.15, 0.2) is 41.4 Å². The number of rotatable bonds is 6. The van der Waals surface area contributed by atoms with E-state index in [1.807, 2.05) is 24.0 Å². The van der Waals surface area contributed by atoms with Crippen LogP contribution in [-0.4, -0.2) is 52.0 Å². The van der Waals surface area contributed by atoms with Crippen molar-refractivity contribution in [1.82, 2.24) is 15.6 Å². The summed E-state index contributed by atoms with van der Waals surface area (Å²) in [5, 5.41) is 6.06. The van der Waals surface area contributed by atoms with E-state index in [1.165, 1.54) is 6.20 Å². The minimum atomic E-state index is -3.81.